The number of halogens is 6. The summed E-state index contributed by atoms with van der Waals surface area (Å²) in [4.78, 5) is 12.1. The number of hydrogen-bond acceptors (Lipinski definition) is 1. The van der Waals surface area contributed by atoms with E-state index in [-0.39, 0.29) is 6.07 Å². The van der Waals surface area contributed by atoms with E-state index in [1.54, 1.807) is 25.1 Å². The van der Waals surface area contributed by atoms with Gasteiger partial charge in [0, 0.05) is 11.3 Å². The minimum Gasteiger partial charge on any atom is -0.322 e. The number of amides is 1. The molecule has 24 heavy (non-hydrogen) atoms. The third kappa shape index (κ3) is 4.06. The van der Waals surface area contributed by atoms with E-state index in [2.05, 4.69) is 5.32 Å². The molecule has 0 radical (unpaired) electrons. The molecular formula is C16H11F6NO. The lowest BCUT2D eigenvalue weighted by Gasteiger charge is -2.14. The van der Waals surface area contributed by atoms with Crippen LogP contribution in [0.5, 0.6) is 0 Å². The average molecular weight is 347 g/mol. The van der Waals surface area contributed by atoms with Gasteiger partial charge in [-0.3, -0.25) is 4.79 Å². The number of carbonyl (C=O) groups is 1. The monoisotopic (exact) mass is 347 g/mol. The van der Waals surface area contributed by atoms with Crippen LogP contribution in [0.3, 0.4) is 0 Å². The molecule has 0 saturated carbocycles. The topological polar surface area (TPSA) is 29.1 Å². The summed E-state index contributed by atoms with van der Waals surface area (Å²) in [7, 11) is 0. The van der Waals surface area contributed by atoms with Crippen molar-refractivity contribution in [1.82, 2.24) is 0 Å². The quantitative estimate of drug-likeness (QED) is 0.736. The van der Waals surface area contributed by atoms with Gasteiger partial charge in [-0.25, -0.2) is 0 Å². The molecule has 0 heterocycles. The molecule has 1 N–H and O–H groups in total. The second-order valence-corrected chi connectivity index (χ2v) is 5.06. The maximum absolute atomic E-state index is 12.8. The lowest BCUT2D eigenvalue weighted by molar-refractivity contribution is -0.143. The smallest absolute Gasteiger partial charge is 0.322 e. The molecule has 0 aliphatic heterocycles. The molecule has 0 saturated heterocycles. The Morgan fingerprint density at radius 3 is 1.83 bits per heavy atom. The summed E-state index contributed by atoms with van der Waals surface area (Å²) >= 11 is 0. The Morgan fingerprint density at radius 1 is 0.875 bits per heavy atom. The van der Waals surface area contributed by atoms with Crippen molar-refractivity contribution in [3.05, 3.63) is 64.7 Å². The Balaban J connectivity index is 2.45. The Morgan fingerprint density at radius 2 is 1.38 bits per heavy atom. The predicted molar refractivity (Wildman–Crippen MR) is 75.6 cm³/mol. The predicted octanol–water partition coefficient (Wildman–Crippen LogP) is 5.28. The number of para-hydroxylation sites is 1. The van der Waals surface area contributed by atoms with Crippen LogP contribution in [0.25, 0.3) is 0 Å². The van der Waals surface area contributed by atoms with Gasteiger partial charge in [-0.15, -0.1) is 0 Å². The van der Waals surface area contributed by atoms with Crippen LogP contribution in [-0.4, -0.2) is 5.91 Å². The van der Waals surface area contributed by atoms with E-state index in [1.165, 1.54) is 6.07 Å². The van der Waals surface area contributed by atoms with Gasteiger partial charge in [-0.05, 0) is 36.8 Å². The minimum atomic E-state index is -5.00. The highest BCUT2D eigenvalue weighted by molar-refractivity contribution is 6.04. The molecule has 2 nitrogen and oxygen atoms in total. The highest BCUT2D eigenvalue weighted by atomic mass is 19.4. The van der Waals surface area contributed by atoms with Gasteiger partial charge in [0.1, 0.15) is 0 Å². The fourth-order valence-electron chi connectivity index (χ4n) is 1.99. The first-order valence-electron chi connectivity index (χ1n) is 6.65. The first-order valence-corrected chi connectivity index (χ1v) is 6.65. The van der Waals surface area contributed by atoms with Gasteiger partial charge in [0.2, 0.25) is 0 Å². The molecule has 0 unspecified atom stereocenters. The first kappa shape index (κ1) is 17.8. The van der Waals surface area contributed by atoms with E-state index in [1.807, 2.05) is 0 Å². The lowest BCUT2D eigenvalue weighted by Crippen LogP contribution is -2.17. The number of benzene rings is 2. The molecule has 0 atom stereocenters. The van der Waals surface area contributed by atoms with Gasteiger partial charge >= 0.3 is 12.4 Å². The van der Waals surface area contributed by atoms with Crippen molar-refractivity contribution in [3.63, 3.8) is 0 Å². The van der Waals surface area contributed by atoms with Crippen molar-refractivity contribution >= 4 is 11.6 Å². The van der Waals surface area contributed by atoms with Crippen molar-refractivity contribution in [2.75, 3.05) is 5.32 Å². The Hall–Kier alpha value is -2.51. The van der Waals surface area contributed by atoms with Crippen molar-refractivity contribution in [2.45, 2.75) is 19.3 Å². The van der Waals surface area contributed by atoms with E-state index in [9.17, 15) is 31.1 Å². The van der Waals surface area contributed by atoms with Crippen LogP contribution >= 0.6 is 0 Å². The van der Waals surface area contributed by atoms with Crippen LogP contribution in [0.4, 0.5) is 32.0 Å². The molecule has 2 aromatic carbocycles. The van der Waals surface area contributed by atoms with E-state index in [4.69, 9.17) is 0 Å². The molecule has 0 spiro atoms. The van der Waals surface area contributed by atoms with Crippen molar-refractivity contribution < 1.29 is 31.1 Å². The molecular weight excluding hydrogens is 336 g/mol. The number of rotatable bonds is 2. The van der Waals surface area contributed by atoms with E-state index < -0.39 is 35.0 Å². The number of aryl methyl sites for hydroxylation is 1. The highest BCUT2D eigenvalue weighted by Crippen LogP contribution is 2.36. The van der Waals surface area contributed by atoms with Gasteiger partial charge in [-0.1, -0.05) is 18.2 Å². The molecule has 0 aromatic heterocycles. The number of anilines is 1. The summed E-state index contributed by atoms with van der Waals surface area (Å²) in [6.07, 6.45) is -10.0. The zero-order valence-electron chi connectivity index (χ0n) is 12.2. The normalized spacial score (nSPS) is 12.1. The zero-order chi connectivity index (χ0) is 18.1. The summed E-state index contributed by atoms with van der Waals surface area (Å²) < 4.78 is 76.7. The molecule has 0 bridgehead atoms. The summed E-state index contributed by atoms with van der Waals surface area (Å²) in [5.74, 6) is -1.05. The van der Waals surface area contributed by atoms with Crippen LogP contribution in [-0.2, 0) is 12.4 Å². The molecule has 0 aliphatic rings. The third-order valence-electron chi connectivity index (χ3n) is 3.24. The van der Waals surface area contributed by atoms with Gasteiger partial charge < -0.3 is 5.32 Å². The van der Waals surface area contributed by atoms with Crippen LogP contribution in [0.1, 0.15) is 27.0 Å². The molecule has 1 amide bonds. The summed E-state index contributed by atoms with van der Waals surface area (Å²) in [6, 6.07) is 7.15. The fourth-order valence-corrected chi connectivity index (χ4v) is 1.99. The van der Waals surface area contributed by atoms with Crippen LogP contribution in [0.2, 0.25) is 0 Å². The standard InChI is InChI=1S/C16H11F6NO/c1-9-4-2-3-5-13(9)23-14(24)10-6-11(15(17,18)19)8-12(7-10)16(20,21)22/h2-8H,1H3,(H,23,24). The SMILES string of the molecule is Cc1ccccc1NC(=O)c1cc(C(F)(F)F)cc(C(F)(F)F)c1. The molecule has 2 aromatic rings. The van der Waals surface area contributed by atoms with Gasteiger partial charge in [0.05, 0.1) is 11.1 Å². The van der Waals surface area contributed by atoms with E-state index in [0.717, 1.165) is 0 Å². The number of hydrogen-bond donors (Lipinski definition) is 1. The first-order chi connectivity index (χ1) is 11.0. The van der Waals surface area contributed by atoms with Crippen LogP contribution in [0, 0.1) is 6.92 Å². The van der Waals surface area contributed by atoms with Crippen LogP contribution in [0.15, 0.2) is 42.5 Å². The van der Waals surface area contributed by atoms with E-state index in [0.29, 0.717) is 23.4 Å². The number of carbonyl (C=O) groups excluding carboxylic acids is 1. The number of nitrogens with one attached hydrogen (secondary N) is 1. The molecule has 0 aliphatic carbocycles. The maximum Gasteiger partial charge on any atom is 0.416 e. The van der Waals surface area contributed by atoms with Gasteiger partial charge in [0.25, 0.3) is 5.91 Å². The van der Waals surface area contributed by atoms with Crippen LogP contribution < -0.4 is 5.32 Å². The second-order valence-electron chi connectivity index (χ2n) is 5.06. The highest BCUT2D eigenvalue weighted by Gasteiger charge is 2.37. The Labute approximate surface area is 133 Å². The zero-order valence-corrected chi connectivity index (χ0v) is 12.2. The van der Waals surface area contributed by atoms with Crippen molar-refractivity contribution in [1.29, 1.82) is 0 Å². The second kappa shape index (κ2) is 6.18. The summed E-state index contributed by atoms with van der Waals surface area (Å²) in [5, 5.41) is 2.31. The largest absolute Gasteiger partial charge is 0.416 e. The minimum absolute atomic E-state index is 0.0233. The maximum atomic E-state index is 12.8. The summed E-state index contributed by atoms with van der Waals surface area (Å²) in [5.41, 5.74) is -2.87. The van der Waals surface area contributed by atoms with Crippen molar-refractivity contribution in [2.24, 2.45) is 0 Å². The molecule has 128 valence electrons. The summed E-state index contributed by atoms with van der Waals surface area (Å²) in [6.45, 7) is 1.64. The van der Waals surface area contributed by atoms with Crippen molar-refractivity contribution in [3.8, 4) is 0 Å². The van der Waals surface area contributed by atoms with E-state index >= 15 is 0 Å². The van der Waals surface area contributed by atoms with Gasteiger partial charge in [0.15, 0.2) is 0 Å². The third-order valence-corrected chi connectivity index (χ3v) is 3.24. The number of alkyl halides is 6. The molecule has 8 heteroatoms. The Bertz CT molecular complexity index is 732. The lowest BCUT2D eigenvalue weighted by atomic mass is 10.0. The fraction of sp³-hybridized carbons (Fsp3) is 0.188. The average Bonchev–Trinajstić information content (AvgIpc) is 2.47. The van der Waals surface area contributed by atoms with Gasteiger partial charge in [-0.2, -0.15) is 26.3 Å². The Kier molecular flexibility index (Phi) is 4.59. The molecule has 0 fully saturated rings. The molecule has 2 rings (SSSR count).